The first-order valence-electron chi connectivity index (χ1n) is 5.48. The van der Waals surface area contributed by atoms with Gasteiger partial charge in [-0.2, -0.15) is 0 Å². The van der Waals surface area contributed by atoms with Crippen LogP contribution in [0.25, 0.3) is 0 Å². The Labute approximate surface area is 97.8 Å². The van der Waals surface area contributed by atoms with E-state index >= 15 is 0 Å². The van der Waals surface area contributed by atoms with Crippen molar-refractivity contribution in [1.82, 2.24) is 0 Å². The molecular formula is C14H20O2. The molecule has 1 rings (SSSR count). The summed E-state index contributed by atoms with van der Waals surface area (Å²) in [5.41, 5.74) is 1.98. The van der Waals surface area contributed by atoms with Crippen molar-refractivity contribution >= 4 is 0 Å². The van der Waals surface area contributed by atoms with Crippen LogP contribution in [0.15, 0.2) is 42.5 Å². The lowest BCUT2D eigenvalue weighted by Gasteiger charge is -2.18. The van der Waals surface area contributed by atoms with Crippen molar-refractivity contribution < 1.29 is 9.78 Å². The van der Waals surface area contributed by atoms with Gasteiger partial charge in [0.25, 0.3) is 0 Å². The predicted molar refractivity (Wildman–Crippen MR) is 66.1 cm³/mol. The maximum atomic E-state index is 5.18. The van der Waals surface area contributed by atoms with E-state index in [0.717, 1.165) is 12.0 Å². The van der Waals surface area contributed by atoms with Crippen molar-refractivity contribution in [2.75, 3.05) is 6.61 Å². The van der Waals surface area contributed by atoms with Crippen molar-refractivity contribution in [3.8, 4) is 0 Å². The second-order valence-corrected chi connectivity index (χ2v) is 4.87. The molecule has 0 bridgehead atoms. The molecule has 0 aromatic heterocycles. The van der Waals surface area contributed by atoms with Crippen molar-refractivity contribution in [3.05, 3.63) is 48.0 Å². The first-order chi connectivity index (χ1) is 7.47. The number of benzene rings is 1. The maximum absolute atomic E-state index is 5.18. The van der Waals surface area contributed by atoms with Crippen molar-refractivity contribution in [3.63, 3.8) is 0 Å². The van der Waals surface area contributed by atoms with Gasteiger partial charge < -0.3 is 0 Å². The molecule has 0 heterocycles. The lowest BCUT2D eigenvalue weighted by atomic mass is 10.1. The van der Waals surface area contributed by atoms with Gasteiger partial charge in [-0.1, -0.05) is 36.9 Å². The molecule has 0 aliphatic rings. The van der Waals surface area contributed by atoms with Gasteiger partial charge in [-0.15, -0.1) is 0 Å². The fourth-order valence-corrected chi connectivity index (χ4v) is 1.23. The Balaban J connectivity index is 2.27. The topological polar surface area (TPSA) is 18.5 Å². The largest absolute Gasteiger partial charge is 0.232 e. The molecule has 1 aromatic carbocycles. The highest BCUT2D eigenvalue weighted by molar-refractivity contribution is 5.20. The summed E-state index contributed by atoms with van der Waals surface area (Å²) in [5.74, 6) is 0. The van der Waals surface area contributed by atoms with Crippen LogP contribution >= 0.6 is 0 Å². The Bertz CT molecular complexity index is 322. The molecule has 1 aromatic rings. The molecule has 2 heteroatoms. The fourth-order valence-electron chi connectivity index (χ4n) is 1.23. The molecule has 0 saturated carbocycles. The summed E-state index contributed by atoms with van der Waals surface area (Å²) < 4.78 is 0. The molecule has 0 spiro atoms. The van der Waals surface area contributed by atoms with Gasteiger partial charge in [0, 0.05) is 0 Å². The Morgan fingerprint density at radius 2 is 1.81 bits per heavy atom. The minimum Gasteiger partial charge on any atom is -0.232 e. The highest BCUT2D eigenvalue weighted by Gasteiger charge is 2.11. The highest BCUT2D eigenvalue weighted by Crippen LogP contribution is 2.10. The normalized spacial score (nSPS) is 11.4. The van der Waals surface area contributed by atoms with E-state index in [1.54, 1.807) is 0 Å². The van der Waals surface area contributed by atoms with Crippen LogP contribution in [0.3, 0.4) is 0 Å². The van der Waals surface area contributed by atoms with Crippen LogP contribution in [-0.2, 0) is 16.2 Å². The number of rotatable bonds is 5. The molecule has 0 aliphatic carbocycles. The second-order valence-electron chi connectivity index (χ2n) is 4.87. The predicted octanol–water partition coefficient (Wildman–Crippen LogP) is 3.53. The van der Waals surface area contributed by atoms with E-state index in [0.29, 0.717) is 6.61 Å². The molecule has 0 atom stereocenters. The molecule has 16 heavy (non-hydrogen) atoms. The van der Waals surface area contributed by atoms with Gasteiger partial charge in [0.2, 0.25) is 0 Å². The van der Waals surface area contributed by atoms with E-state index in [-0.39, 0.29) is 5.60 Å². The summed E-state index contributed by atoms with van der Waals surface area (Å²) in [7, 11) is 0. The maximum Gasteiger partial charge on any atom is 0.103 e. The van der Waals surface area contributed by atoms with Crippen LogP contribution in [0.2, 0.25) is 0 Å². The molecule has 2 nitrogen and oxygen atoms in total. The summed E-state index contributed by atoms with van der Waals surface area (Å²) >= 11 is 0. The van der Waals surface area contributed by atoms with Gasteiger partial charge >= 0.3 is 0 Å². The minimum atomic E-state index is -0.271. The van der Waals surface area contributed by atoms with Crippen molar-refractivity contribution in [2.45, 2.75) is 32.8 Å². The van der Waals surface area contributed by atoms with Gasteiger partial charge in [-0.05, 0) is 38.3 Å². The molecule has 0 N–H and O–H groups in total. The third-order valence-corrected chi connectivity index (χ3v) is 1.87. The minimum absolute atomic E-state index is 0.271. The Kier molecular flexibility index (Phi) is 4.71. The molecule has 0 amide bonds. The van der Waals surface area contributed by atoms with Gasteiger partial charge in [-0.25, -0.2) is 9.78 Å². The zero-order chi connectivity index (χ0) is 12.0. The highest BCUT2D eigenvalue weighted by atomic mass is 17.2. The van der Waals surface area contributed by atoms with E-state index in [1.165, 1.54) is 5.56 Å². The summed E-state index contributed by atoms with van der Waals surface area (Å²) in [6.07, 6.45) is 0.828. The quantitative estimate of drug-likeness (QED) is 0.429. The summed E-state index contributed by atoms with van der Waals surface area (Å²) in [5, 5.41) is 0. The third kappa shape index (κ3) is 5.69. The van der Waals surface area contributed by atoms with Crippen LogP contribution < -0.4 is 0 Å². The molecule has 0 radical (unpaired) electrons. The lowest BCUT2D eigenvalue weighted by molar-refractivity contribution is -0.343. The Morgan fingerprint density at radius 1 is 1.19 bits per heavy atom. The van der Waals surface area contributed by atoms with Crippen molar-refractivity contribution in [1.29, 1.82) is 0 Å². The van der Waals surface area contributed by atoms with E-state index in [2.05, 4.69) is 18.7 Å². The van der Waals surface area contributed by atoms with Crippen LogP contribution in [0, 0.1) is 0 Å². The van der Waals surface area contributed by atoms with Gasteiger partial charge in [0.1, 0.15) is 6.61 Å². The zero-order valence-corrected chi connectivity index (χ0v) is 10.3. The zero-order valence-electron chi connectivity index (χ0n) is 10.3. The first kappa shape index (κ1) is 12.9. The van der Waals surface area contributed by atoms with Crippen LogP contribution in [0.1, 0.15) is 26.3 Å². The Hall–Kier alpha value is -1.12. The van der Waals surface area contributed by atoms with Gasteiger partial charge in [-0.3, -0.25) is 0 Å². The standard InChI is InChI=1S/C14H20O2/c1-12(11-15-16-14(2,3)4)10-13-8-6-5-7-9-13/h5-9H,1,10-11H2,2-4H3. The van der Waals surface area contributed by atoms with E-state index in [9.17, 15) is 0 Å². The summed E-state index contributed by atoms with van der Waals surface area (Å²) in [4.78, 5) is 10.3. The third-order valence-electron chi connectivity index (χ3n) is 1.87. The van der Waals surface area contributed by atoms with Gasteiger partial charge in [0.15, 0.2) is 0 Å². The SMILES string of the molecule is C=C(COOC(C)(C)C)Cc1ccccc1. The fraction of sp³-hybridized carbons (Fsp3) is 0.429. The molecule has 0 fully saturated rings. The van der Waals surface area contributed by atoms with Crippen LogP contribution in [0.4, 0.5) is 0 Å². The molecular weight excluding hydrogens is 200 g/mol. The van der Waals surface area contributed by atoms with Crippen LogP contribution in [-0.4, -0.2) is 12.2 Å². The van der Waals surface area contributed by atoms with Crippen molar-refractivity contribution in [2.24, 2.45) is 0 Å². The Morgan fingerprint density at radius 3 is 2.38 bits per heavy atom. The summed E-state index contributed by atoms with van der Waals surface area (Å²) in [6, 6.07) is 10.2. The van der Waals surface area contributed by atoms with E-state index in [1.807, 2.05) is 39.0 Å². The van der Waals surface area contributed by atoms with Crippen LogP contribution in [0.5, 0.6) is 0 Å². The number of hydrogen-bond donors (Lipinski definition) is 0. The average molecular weight is 220 g/mol. The number of hydrogen-bond acceptors (Lipinski definition) is 2. The smallest absolute Gasteiger partial charge is 0.103 e. The van der Waals surface area contributed by atoms with Gasteiger partial charge in [0.05, 0.1) is 5.60 Å². The first-order valence-corrected chi connectivity index (χ1v) is 5.48. The second kappa shape index (κ2) is 5.83. The molecule has 88 valence electrons. The monoisotopic (exact) mass is 220 g/mol. The van der Waals surface area contributed by atoms with E-state index < -0.39 is 0 Å². The average Bonchev–Trinajstić information content (AvgIpc) is 2.17. The molecule has 0 unspecified atom stereocenters. The molecule has 0 saturated heterocycles. The summed E-state index contributed by atoms with van der Waals surface area (Å²) in [6.45, 7) is 10.3. The molecule has 0 aliphatic heterocycles. The lowest BCUT2D eigenvalue weighted by Crippen LogP contribution is -2.20. The van der Waals surface area contributed by atoms with E-state index in [4.69, 9.17) is 9.78 Å².